The number of hydrogen-bond donors (Lipinski definition) is 1. The molecule has 0 aromatic carbocycles. The van der Waals surface area contributed by atoms with Gasteiger partial charge in [-0.15, -0.1) is 5.10 Å². The zero-order valence-corrected chi connectivity index (χ0v) is 10.0. The Kier molecular flexibility index (Phi) is 2.97. The van der Waals surface area contributed by atoms with Crippen LogP contribution < -0.4 is 4.90 Å². The number of aliphatic hydroxyl groups excluding tert-OH is 1. The Morgan fingerprint density at radius 1 is 1.24 bits per heavy atom. The van der Waals surface area contributed by atoms with Gasteiger partial charge in [0.25, 0.3) is 0 Å². The van der Waals surface area contributed by atoms with E-state index in [1.165, 1.54) is 19.3 Å². The third kappa shape index (κ3) is 2.14. The second kappa shape index (κ2) is 4.61. The van der Waals surface area contributed by atoms with Gasteiger partial charge in [0.05, 0.1) is 5.69 Å². The predicted octanol–water partition coefficient (Wildman–Crippen LogP) is 1.56. The van der Waals surface area contributed by atoms with E-state index in [4.69, 9.17) is 5.11 Å². The zero-order valence-electron chi connectivity index (χ0n) is 10.0. The summed E-state index contributed by atoms with van der Waals surface area (Å²) in [5.41, 5.74) is 1.15. The van der Waals surface area contributed by atoms with E-state index in [2.05, 4.69) is 27.2 Å². The van der Waals surface area contributed by atoms with Crippen LogP contribution in [0.1, 0.15) is 37.3 Å². The number of nitrogens with zero attached hydrogens (tertiary/aromatic N) is 3. The Balaban J connectivity index is 1.67. The van der Waals surface area contributed by atoms with Crippen molar-refractivity contribution >= 4 is 5.82 Å². The van der Waals surface area contributed by atoms with E-state index in [0.717, 1.165) is 31.0 Å². The fourth-order valence-electron chi connectivity index (χ4n) is 2.62. The summed E-state index contributed by atoms with van der Waals surface area (Å²) >= 11 is 0. The van der Waals surface area contributed by atoms with Gasteiger partial charge in [0, 0.05) is 31.5 Å². The Morgan fingerprint density at radius 2 is 2.12 bits per heavy atom. The van der Waals surface area contributed by atoms with Crippen LogP contribution in [0.5, 0.6) is 0 Å². The molecule has 2 heterocycles. The number of aromatic nitrogens is 2. The minimum Gasteiger partial charge on any atom is -0.396 e. The van der Waals surface area contributed by atoms with Crippen LogP contribution in [0.4, 0.5) is 5.82 Å². The molecule has 1 atom stereocenters. The molecule has 1 saturated heterocycles. The molecule has 0 amide bonds. The van der Waals surface area contributed by atoms with Crippen LogP contribution >= 0.6 is 0 Å². The summed E-state index contributed by atoms with van der Waals surface area (Å²) < 4.78 is 0. The van der Waals surface area contributed by atoms with Gasteiger partial charge in [-0.3, -0.25) is 0 Å². The fraction of sp³-hybridized carbons (Fsp3) is 0.692. The monoisotopic (exact) mass is 233 g/mol. The molecule has 3 rings (SSSR count). The van der Waals surface area contributed by atoms with Crippen molar-refractivity contribution in [1.82, 2.24) is 10.2 Å². The highest BCUT2D eigenvalue weighted by Crippen LogP contribution is 2.35. The smallest absolute Gasteiger partial charge is 0.151 e. The minimum atomic E-state index is 0.282. The highest BCUT2D eigenvalue weighted by atomic mass is 16.3. The molecule has 4 nitrogen and oxygen atoms in total. The molecule has 2 fully saturated rings. The van der Waals surface area contributed by atoms with Gasteiger partial charge in [-0.05, 0) is 31.4 Å². The molecule has 1 N–H and O–H groups in total. The van der Waals surface area contributed by atoms with Crippen molar-refractivity contribution in [3.63, 3.8) is 0 Å². The molecule has 1 unspecified atom stereocenters. The first-order chi connectivity index (χ1) is 8.36. The fourth-order valence-corrected chi connectivity index (χ4v) is 2.62. The molecule has 1 saturated carbocycles. The van der Waals surface area contributed by atoms with Gasteiger partial charge < -0.3 is 10.0 Å². The van der Waals surface area contributed by atoms with Crippen LogP contribution in [0.3, 0.4) is 0 Å². The molecule has 0 radical (unpaired) electrons. The quantitative estimate of drug-likeness (QED) is 0.860. The van der Waals surface area contributed by atoms with Crippen molar-refractivity contribution in [1.29, 1.82) is 0 Å². The van der Waals surface area contributed by atoms with E-state index < -0.39 is 0 Å². The molecule has 17 heavy (non-hydrogen) atoms. The Morgan fingerprint density at radius 3 is 2.65 bits per heavy atom. The van der Waals surface area contributed by atoms with E-state index in [1.807, 2.05) is 0 Å². The van der Waals surface area contributed by atoms with E-state index >= 15 is 0 Å². The minimum absolute atomic E-state index is 0.282. The lowest BCUT2D eigenvalue weighted by Gasteiger charge is -2.24. The van der Waals surface area contributed by atoms with Crippen molar-refractivity contribution in [2.24, 2.45) is 5.92 Å². The van der Waals surface area contributed by atoms with Gasteiger partial charge in [0.2, 0.25) is 0 Å². The Labute approximate surface area is 102 Å². The summed E-state index contributed by atoms with van der Waals surface area (Å²) in [6.07, 6.45) is 4.93. The normalized spacial score (nSPS) is 25.0. The van der Waals surface area contributed by atoms with Crippen molar-refractivity contribution in [3.8, 4) is 0 Å². The molecular weight excluding hydrogens is 214 g/mol. The van der Waals surface area contributed by atoms with E-state index in [9.17, 15) is 0 Å². The topological polar surface area (TPSA) is 49.2 Å². The van der Waals surface area contributed by atoms with Crippen molar-refractivity contribution in [3.05, 3.63) is 17.8 Å². The van der Waals surface area contributed by atoms with Gasteiger partial charge >= 0.3 is 0 Å². The molecule has 92 valence electrons. The van der Waals surface area contributed by atoms with Crippen molar-refractivity contribution < 1.29 is 5.11 Å². The maximum atomic E-state index is 9.12. The van der Waals surface area contributed by atoms with Crippen LogP contribution in [-0.2, 0) is 0 Å². The summed E-state index contributed by atoms with van der Waals surface area (Å²) in [6, 6.07) is 4.21. The van der Waals surface area contributed by atoms with Crippen molar-refractivity contribution in [2.75, 3.05) is 24.6 Å². The van der Waals surface area contributed by atoms with Crippen LogP contribution in [0.2, 0.25) is 0 Å². The first-order valence-corrected chi connectivity index (χ1v) is 6.56. The molecule has 4 heteroatoms. The van der Waals surface area contributed by atoms with E-state index in [1.54, 1.807) is 0 Å². The summed E-state index contributed by atoms with van der Waals surface area (Å²) in [7, 11) is 0. The number of aliphatic hydroxyl groups is 1. The SMILES string of the molecule is OCC1CCN(c2ccc(C3CCC3)nn2)C1. The van der Waals surface area contributed by atoms with Gasteiger partial charge in [0.1, 0.15) is 0 Å². The molecule has 1 aliphatic heterocycles. The first kappa shape index (κ1) is 11.0. The molecule has 0 spiro atoms. The van der Waals surface area contributed by atoms with Crippen molar-refractivity contribution in [2.45, 2.75) is 31.6 Å². The third-order valence-corrected chi connectivity index (χ3v) is 4.06. The van der Waals surface area contributed by atoms with Crippen LogP contribution in [0, 0.1) is 5.92 Å². The molecule has 1 aromatic heterocycles. The van der Waals surface area contributed by atoms with E-state index in [-0.39, 0.29) is 6.61 Å². The van der Waals surface area contributed by atoms with Gasteiger partial charge in [-0.2, -0.15) is 5.10 Å². The summed E-state index contributed by atoms with van der Waals surface area (Å²) in [5, 5.41) is 17.8. The average molecular weight is 233 g/mol. The Bertz CT molecular complexity index is 375. The summed E-state index contributed by atoms with van der Waals surface area (Å²) in [4.78, 5) is 2.22. The largest absolute Gasteiger partial charge is 0.396 e. The lowest BCUT2D eigenvalue weighted by molar-refractivity contribution is 0.238. The third-order valence-electron chi connectivity index (χ3n) is 4.06. The molecule has 2 aliphatic rings. The molecule has 0 bridgehead atoms. The summed E-state index contributed by atoms with van der Waals surface area (Å²) in [5.74, 6) is 2.02. The number of anilines is 1. The summed E-state index contributed by atoms with van der Waals surface area (Å²) in [6.45, 7) is 2.18. The van der Waals surface area contributed by atoms with Crippen LogP contribution in [0.15, 0.2) is 12.1 Å². The predicted molar refractivity (Wildman–Crippen MR) is 66.0 cm³/mol. The number of hydrogen-bond acceptors (Lipinski definition) is 4. The second-order valence-electron chi connectivity index (χ2n) is 5.23. The maximum Gasteiger partial charge on any atom is 0.151 e. The number of rotatable bonds is 3. The zero-order chi connectivity index (χ0) is 11.7. The first-order valence-electron chi connectivity index (χ1n) is 6.56. The maximum absolute atomic E-state index is 9.12. The molecular formula is C13H19N3O. The molecule has 1 aromatic rings. The second-order valence-corrected chi connectivity index (χ2v) is 5.23. The van der Waals surface area contributed by atoms with Crippen LogP contribution in [-0.4, -0.2) is 35.0 Å². The lowest BCUT2D eigenvalue weighted by atomic mass is 9.83. The lowest BCUT2D eigenvalue weighted by Crippen LogP contribution is -2.22. The van der Waals surface area contributed by atoms with E-state index in [0.29, 0.717) is 11.8 Å². The van der Waals surface area contributed by atoms with Gasteiger partial charge in [-0.1, -0.05) is 6.42 Å². The van der Waals surface area contributed by atoms with Gasteiger partial charge in [0.15, 0.2) is 5.82 Å². The standard InChI is InChI=1S/C13H19N3O/c17-9-10-6-7-16(8-10)13-5-4-12(14-15-13)11-2-1-3-11/h4-5,10-11,17H,1-3,6-9H2. The van der Waals surface area contributed by atoms with Crippen LogP contribution in [0.25, 0.3) is 0 Å². The highest BCUT2D eigenvalue weighted by Gasteiger charge is 2.24. The Hall–Kier alpha value is -1.16. The highest BCUT2D eigenvalue weighted by molar-refractivity contribution is 5.39. The van der Waals surface area contributed by atoms with Gasteiger partial charge in [-0.25, -0.2) is 0 Å². The molecule has 1 aliphatic carbocycles. The average Bonchev–Trinajstić information content (AvgIpc) is 2.76.